The van der Waals surface area contributed by atoms with Crippen molar-refractivity contribution in [2.45, 2.75) is 19.5 Å². The van der Waals surface area contributed by atoms with E-state index in [-0.39, 0.29) is 5.91 Å². The van der Waals surface area contributed by atoms with Crippen LogP contribution in [-0.2, 0) is 11.3 Å². The summed E-state index contributed by atoms with van der Waals surface area (Å²) in [6, 6.07) is 1.000. The van der Waals surface area contributed by atoms with Crippen LogP contribution in [-0.4, -0.2) is 43.1 Å². The molecular formula is C12H15N5O3. The molecule has 0 radical (unpaired) electrons. The smallest absolute Gasteiger partial charge is 0.328 e. The van der Waals surface area contributed by atoms with Crippen LogP contribution in [0.2, 0.25) is 0 Å². The average Bonchev–Trinajstić information content (AvgIpc) is 3.08. The van der Waals surface area contributed by atoms with Gasteiger partial charge in [0, 0.05) is 25.1 Å². The first-order chi connectivity index (χ1) is 9.58. The molecule has 0 aliphatic rings. The third-order valence-electron chi connectivity index (χ3n) is 2.80. The molecule has 2 aromatic heterocycles. The molecule has 2 aromatic rings. The van der Waals surface area contributed by atoms with Crippen molar-refractivity contribution >= 4 is 11.9 Å². The standard InChI is InChI=1S/C12H15N5O3/c1-9(12(19)20)17-8-10(7-15-17)11(18)13-4-6-16-5-2-3-14-16/h2-3,5,7-9H,4,6H2,1H3,(H,13,18)(H,19,20). The number of amides is 1. The molecule has 0 aliphatic heterocycles. The highest BCUT2D eigenvalue weighted by molar-refractivity contribution is 5.93. The minimum absolute atomic E-state index is 0.291. The van der Waals surface area contributed by atoms with Crippen molar-refractivity contribution in [1.29, 1.82) is 0 Å². The Hall–Kier alpha value is -2.64. The lowest BCUT2D eigenvalue weighted by Crippen LogP contribution is -2.27. The maximum Gasteiger partial charge on any atom is 0.328 e. The van der Waals surface area contributed by atoms with Crippen LogP contribution in [0.1, 0.15) is 23.3 Å². The molecule has 2 N–H and O–H groups in total. The van der Waals surface area contributed by atoms with Crippen molar-refractivity contribution < 1.29 is 14.7 Å². The van der Waals surface area contributed by atoms with Crippen molar-refractivity contribution in [3.63, 3.8) is 0 Å². The fourth-order valence-corrected chi connectivity index (χ4v) is 1.60. The Morgan fingerprint density at radius 1 is 1.45 bits per heavy atom. The molecule has 20 heavy (non-hydrogen) atoms. The highest BCUT2D eigenvalue weighted by Gasteiger charge is 2.16. The minimum atomic E-state index is -1.00. The summed E-state index contributed by atoms with van der Waals surface area (Å²) in [6.07, 6.45) is 6.24. The predicted octanol–water partition coefficient (Wildman–Crippen LogP) is 0.155. The Kier molecular flexibility index (Phi) is 4.14. The van der Waals surface area contributed by atoms with Crippen molar-refractivity contribution in [3.05, 3.63) is 36.4 Å². The molecule has 106 valence electrons. The molecule has 0 aromatic carbocycles. The van der Waals surface area contributed by atoms with E-state index in [9.17, 15) is 9.59 Å². The van der Waals surface area contributed by atoms with Crippen LogP contribution in [0.4, 0.5) is 0 Å². The van der Waals surface area contributed by atoms with Gasteiger partial charge in [0.05, 0.1) is 18.3 Å². The number of nitrogens with one attached hydrogen (secondary N) is 1. The Bertz CT molecular complexity index is 590. The third kappa shape index (κ3) is 3.22. The number of carboxylic acid groups (broad SMARTS) is 1. The van der Waals surface area contributed by atoms with E-state index in [2.05, 4.69) is 15.5 Å². The van der Waals surface area contributed by atoms with Gasteiger partial charge in [-0.1, -0.05) is 0 Å². The molecule has 0 saturated carbocycles. The van der Waals surface area contributed by atoms with Gasteiger partial charge in [0.25, 0.3) is 5.91 Å². The number of rotatable bonds is 6. The summed E-state index contributed by atoms with van der Waals surface area (Å²) in [5.74, 6) is -1.29. The highest BCUT2D eigenvalue weighted by Crippen LogP contribution is 2.06. The first kappa shape index (κ1) is 13.8. The highest BCUT2D eigenvalue weighted by atomic mass is 16.4. The molecule has 8 nitrogen and oxygen atoms in total. The van der Waals surface area contributed by atoms with Gasteiger partial charge in [0.2, 0.25) is 0 Å². The summed E-state index contributed by atoms with van der Waals surface area (Å²) < 4.78 is 2.95. The van der Waals surface area contributed by atoms with Crippen molar-refractivity contribution in [1.82, 2.24) is 24.9 Å². The van der Waals surface area contributed by atoms with Gasteiger partial charge in [0.1, 0.15) is 6.04 Å². The number of carbonyl (C=O) groups is 2. The fourth-order valence-electron chi connectivity index (χ4n) is 1.60. The molecule has 2 rings (SSSR count). The summed E-state index contributed by atoms with van der Waals surface area (Å²) in [5.41, 5.74) is 0.332. The Morgan fingerprint density at radius 2 is 2.25 bits per heavy atom. The Morgan fingerprint density at radius 3 is 2.90 bits per heavy atom. The van der Waals surface area contributed by atoms with Gasteiger partial charge in [-0.15, -0.1) is 0 Å². The Balaban J connectivity index is 1.88. The fraction of sp³-hybridized carbons (Fsp3) is 0.333. The second-order valence-corrected chi connectivity index (χ2v) is 4.25. The maximum atomic E-state index is 11.8. The van der Waals surface area contributed by atoms with Gasteiger partial charge in [-0.25, -0.2) is 4.79 Å². The average molecular weight is 277 g/mol. The lowest BCUT2D eigenvalue weighted by molar-refractivity contribution is -0.140. The molecule has 1 unspecified atom stereocenters. The number of nitrogens with zero attached hydrogens (tertiary/aromatic N) is 4. The van der Waals surface area contributed by atoms with E-state index < -0.39 is 12.0 Å². The zero-order valence-electron chi connectivity index (χ0n) is 10.9. The second-order valence-electron chi connectivity index (χ2n) is 4.25. The SMILES string of the molecule is CC(C(=O)O)n1cc(C(=O)NCCn2cccn2)cn1. The summed E-state index contributed by atoms with van der Waals surface area (Å²) in [6.45, 7) is 2.49. The minimum Gasteiger partial charge on any atom is -0.480 e. The quantitative estimate of drug-likeness (QED) is 0.782. The van der Waals surface area contributed by atoms with E-state index in [1.54, 1.807) is 23.1 Å². The van der Waals surface area contributed by atoms with Gasteiger partial charge >= 0.3 is 5.97 Å². The summed E-state index contributed by atoms with van der Waals surface area (Å²) >= 11 is 0. The number of carbonyl (C=O) groups excluding carboxylic acids is 1. The molecule has 0 bridgehead atoms. The molecule has 8 heteroatoms. The van der Waals surface area contributed by atoms with Crippen LogP contribution >= 0.6 is 0 Å². The van der Waals surface area contributed by atoms with Crippen molar-refractivity contribution in [2.75, 3.05) is 6.54 Å². The van der Waals surface area contributed by atoms with E-state index in [1.165, 1.54) is 24.0 Å². The van der Waals surface area contributed by atoms with Gasteiger partial charge < -0.3 is 10.4 Å². The van der Waals surface area contributed by atoms with Crippen LogP contribution in [0.3, 0.4) is 0 Å². The molecule has 0 spiro atoms. The number of aromatic nitrogens is 4. The van der Waals surface area contributed by atoms with Gasteiger partial charge in [0.15, 0.2) is 0 Å². The molecule has 1 amide bonds. The normalized spacial score (nSPS) is 12.1. The molecule has 0 aliphatic carbocycles. The summed E-state index contributed by atoms with van der Waals surface area (Å²) in [7, 11) is 0. The van der Waals surface area contributed by atoms with Crippen LogP contribution < -0.4 is 5.32 Å². The number of carboxylic acids is 1. The number of aliphatic carboxylic acids is 1. The first-order valence-corrected chi connectivity index (χ1v) is 6.10. The predicted molar refractivity (Wildman–Crippen MR) is 69.1 cm³/mol. The topological polar surface area (TPSA) is 102 Å². The lowest BCUT2D eigenvalue weighted by Gasteiger charge is -2.05. The van der Waals surface area contributed by atoms with Crippen molar-refractivity contribution in [2.24, 2.45) is 0 Å². The second kappa shape index (κ2) is 6.00. The molecule has 2 heterocycles. The van der Waals surface area contributed by atoms with E-state index in [0.29, 0.717) is 18.7 Å². The summed E-state index contributed by atoms with van der Waals surface area (Å²) in [4.78, 5) is 22.6. The first-order valence-electron chi connectivity index (χ1n) is 6.10. The van der Waals surface area contributed by atoms with Gasteiger partial charge in [-0.05, 0) is 13.0 Å². The van der Waals surface area contributed by atoms with Crippen LogP contribution in [0.25, 0.3) is 0 Å². The van der Waals surface area contributed by atoms with Crippen molar-refractivity contribution in [3.8, 4) is 0 Å². The van der Waals surface area contributed by atoms with Gasteiger partial charge in [-0.2, -0.15) is 10.2 Å². The molecule has 1 atom stereocenters. The zero-order valence-corrected chi connectivity index (χ0v) is 10.9. The van der Waals surface area contributed by atoms with E-state index in [1.807, 2.05) is 0 Å². The van der Waals surface area contributed by atoms with Crippen LogP contribution in [0.5, 0.6) is 0 Å². The maximum absolute atomic E-state index is 11.8. The Labute approximate surface area is 115 Å². The molecule has 0 fully saturated rings. The van der Waals surface area contributed by atoms with E-state index >= 15 is 0 Å². The monoisotopic (exact) mass is 277 g/mol. The van der Waals surface area contributed by atoms with Crippen LogP contribution in [0.15, 0.2) is 30.9 Å². The lowest BCUT2D eigenvalue weighted by atomic mass is 10.3. The van der Waals surface area contributed by atoms with Gasteiger partial charge in [-0.3, -0.25) is 14.2 Å². The third-order valence-corrected chi connectivity index (χ3v) is 2.80. The largest absolute Gasteiger partial charge is 0.480 e. The number of hydrogen-bond acceptors (Lipinski definition) is 4. The van der Waals surface area contributed by atoms with E-state index in [4.69, 9.17) is 5.11 Å². The summed E-state index contributed by atoms with van der Waals surface area (Å²) in [5, 5.41) is 19.5. The molecule has 0 saturated heterocycles. The zero-order chi connectivity index (χ0) is 14.5. The van der Waals surface area contributed by atoms with E-state index in [0.717, 1.165) is 0 Å². The number of hydrogen-bond donors (Lipinski definition) is 2. The molecular weight excluding hydrogens is 262 g/mol. The van der Waals surface area contributed by atoms with Crippen LogP contribution in [0, 0.1) is 0 Å².